The van der Waals surface area contributed by atoms with Crippen molar-refractivity contribution in [1.82, 2.24) is 4.90 Å². The molecule has 4 nitrogen and oxygen atoms in total. The molecule has 0 aromatic carbocycles. The lowest BCUT2D eigenvalue weighted by atomic mass is 10.1. The van der Waals surface area contributed by atoms with Crippen molar-refractivity contribution in [2.75, 3.05) is 19.6 Å². The van der Waals surface area contributed by atoms with Crippen LogP contribution in [0.3, 0.4) is 0 Å². The lowest BCUT2D eigenvalue weighted by molar-refractivity contribution is -0.119. The predicted octanol–water partition coefficient (Wildman–Crippen LogP) is 0.864. The number of rotatable bonds is 6. The SMILES string of the molecule is CCN(CC(N)=O)C(CN)c1sccc1C. The number of primary amides is 1. The first-order valence-electron chi connectivity index (χ1n) is 5.36. The van der Waals surface area contributed by atoms with Gasteiger partial charge in [0.2, 0.25) is 5.91 Å². The highest BCUT2D eigenvalue weighted by Crippen LogP contribution is 2.27. The van der Waals surface area contributed by atoms with Crippen molar-refractivity contribution >= 4 is 17.2 Å². The number of carbonyl (C=O) groups is 1. The van der Waals surface area contributed by atoms with E-state index >= 15 is 0 Å². The number of hydrogen-bond acceptors (Lipinski definition) is 4. The average Bonchev–Trinajstić information content (AvgIpc) is 2.64. The van der Waals surface area contributed by atoms with Crippen LogP contribution in [0.25, 0.3) is 0 Å². The molecular formula is C11H19N3OS. The Labute approximate surface area is 100 Å². The molecule has 1 unspecified atom stereocenters. The molecule has 90 valence electrons. The summed E-state index contributed by atoms with van der Waals surface area (Å²) in [6.45, 7) is 5.60. The Morgan fingerprint density at radius 2 is 2.31 bits per heavy atom. The van der Waals surface area contributed by atoms with Gasteiger partial charge in [0.1, 0.15) is 0 Å². The van der Waals surface area contributed by atoms with Crippen LogP contribution in [0.1, 0.15) is 23.4 Å². The van der Waals surface area contributed by atoms with Crippen molar-refractivity contribution < 1.29 is 4.79 Å². The molecule has 4 N–H and O–H groups in total. The van der Waals surface area contributed by atoms with E-state index in [1.54, 1.807) is 11.3 Å². The van der Waals surface area contributed by atoms with E-state index in [0.29, 0.717) is 6.54 Å². The van der Waals surface area contributed by atoms with Gasteiger partial charge in [-0.25, -0.2) is 0 Å². The molecule has 0 saturated heterocycles. The largest absolute Gasteiger partial charge is 0.369 e. The van der Waals surface area contributed by atoms with Crippen LogP contribution in [0.2, 0.25) is 0 Å². The third-order valence-corrected chi connectivity index (χ3v) is 3.75. The number of amides is 1. The lowest BCUT2D eigenvalue weighted by Crippen LogP contribution is -2.39. The van der Waals surface area contributed by atoms with E-state index in [-0.39, 0.29) is 18.5 Å². The fraction of sp³-hybridized carbons (Fsp3) is 0.545. The van der Waals surface area contributed by atoms with Gasteiger partial charge in [-0.05, 0) is 30.5 Å². The van der Waals surface area contributed by atoms with E-state index in [9.17, 15) is 4.79 Å². The van der Waals surface area contributed by atoms with Gasteiger partial charge in [-0.3, -0.25) is 9.69 Å². The van der Waals surface area contributed by atoms with Crippen LogP contribution in [0, 0.1) is 6.92 Å². The second-order valence-corrected chi connectivity index (χ2v) is 4.70. The molecule has 1 atom stereocenters. The van der Waals surface area contributed by atoms with Crippen LogP contribution in [0.4, 0.5) is 0 Å². The molecule has 0 aliphatic rings. The molecule has 0 saturated carbocycles. The number of nitrogens with two attached hydrogens (primary N) is 2. The van der Waals surface area contributed by atoms with Gasteiger partial charge >= 0.3 is 0 Å². The van der Waals surface area contributed by atoms with E-state index < -0.39 is 0 Å². The van der Waals surface area contributed by atoms with Crippen molar-refractivity contribution in [2.24, 2.45) is 11.5 Å². The van der Waals surface area contributed by atoms with Crippen LogP contribution < -0.4 is 11.5 Å². The highest BCUT2D eigenvalue weighted by atomic mass is 32.1. The second kappa shape index (κ2) is 5.98. The molecule has 0 bridgehead atoms. The normalized spacial score (nSPS) is 13.0. The van der Waals surface area contributed by atoms with Crippen LogP contribution in [-0.2, 0) is 4.79 Å². The van der Waals surface area contributed by atoms with Gasteiger partial charge in [0, 0.05) is 11.4 Å². The van der Waals surface area contributed by atoms with E-state index in [1.807, 2.05) is 17.2 Å². The maximum atomic E-state index is 11.0. The summed E-state index contributed by atoms with van der Waals surface area (Å²) < 4.78 is 0. The highest BCUT2D eigenvalue weighted by Gasteiger charge is 2.21. The molecule has 1 amide bonds. The van der Waals surface area contributed by atoms with Crippen LogP contribution in [0.5, 0.6) is 0 Å². The average molecular weight is 241 g/mol. The molecule has 16 heavy (non-hydrogen) atoms. The standard InChI is InChI=1S/C11H19N3OS/c1-3-14(7-10(13)15)9(6-12)11-8(2)4-5-16-11/h4-5,9H,3,6-7,12H2,1-2H3,(H2,13,15). The zero-order valence-electron chi connectivity index (χ0n) is 9.77. The number of thiophene rings is 1. The molecule has 1 heterocycles. The topological polar surface area (TPSA) is 72.3 Å². The Hall–Kier alpha value is -0.910. The Balaban J connectivity index is 2.87. The first kappa shape index (κ1) is 13.2. The third kappa shape index (κ3) is 3.04. The number of carbonyl (C=O) groups excluding carboxylic acids is 1. The molecule has 0 radical (unpaired) electrons. The summed E-state index contributed by atoms with van der Waals surface area (Å²) in [5.74, 6) is -0.311. The summed E-state index contributed by atoms with van der Waals surface area (Å²) in [6.07, 6.45) is 0. The van der Waals surface area contributed by atoms with Crippen molar-refractivity contribution in [3.63, 3.8) is 0 Å². The Bertz CT molecular complexity index is 351. The van der Waals surface area contributed by atoms with Gasteiger partial charge in [0.05, 0.1) is 12.6 Å². The van der Waals surface area contributed by atoms with Crippen molar-refractivity contribution in [3.05, 3.63) is 21.9 Å². The second-order valence-electron chi connectivity index (χ2n) is 3.75. The fourth-order valence-electron chi connectivity index (χ4n) is 1.79. The predicted molar refractivity (Wildman–Crippen MR) is 67.3 cm³/mol. The minimum atomic E-state index is -0.311. The molecule has 1 aromatic rings. The third-order valence-electron chi connectivity index (χ3n) is 2.63. The van der Waals surface area contributed by atoms with Gasteiger partial charge in [-0.2, -0.15) is 0 Å². The van der Waals surface area contributed by atoms with Gasteiger partial charge in [0.15, 0.2) is 0 Å². The van der Waals surface area contributed by atoms with Crippen molar-refractivity contribution in [1.29, 1.82) is 0 Å². The molecule has 0 spiro atoms. The Kier molecular flexibility index (Phi) is 4.92. The first-order chi connectivity index (χ1) is 7.60. The Morgan fingerprint density at radius 3 is 2.69 bits per heavy atom. The lowest BCUT2D eigenvalue weighted by Gasteiger charge is -2.28. The quantitative estimate of drug-likeness (QED) is 0.776. The summed E-state index contributed by atoms with van der Waals surface area (Å²) in [6, 6.07) is 2.17. The van der Waals surface area contributed by atoms with Gasteiger partial charge < -0.3 is 11.5 Å². The number of likely N-dealkylation sites (N-methyl/N-ethyl adjacent to an activating group) is 1. The summed E-state index contributed by atoms with van der Waals surface area (Å²) in [4.78, 5) is 14.2. The minimum absolute atomic E-state index is 0.0949. The van der Waals surface area contributed by atoms with Gasteiger partial charge in [0.25, 0.3) is 0 Å². The molecule has 0 fully saturated rings. The van der Waals surface area contributed by atoms with Crippen LogP contribution in [-0.4, -0.2) is 30.4 Å². The van der Waals surface area contributed by atoms with Crippen molar-refractivity contribution in [3.8, 4) is 0 Å². The van der Waals surface area contributed by atoms with E-state index in [1.165, 1.54) is 10.4 Å². The monoisotopic (exact) mass is 241 g/mol. The number of hydrogen-bond donors (Lipinski definition) is 2. The van der Waals surface area contributed by atoms with E-state index in [4.69, 9.17) is 11.5 Å². The van der Waals surface area contributed by atoms with Gasteiger partial charge in [-0.15, -0.1) is 11.3 Å². The zero-order valence-corrected chi connectivity index (χ0v) is 10.6. The molecule has 1 rings (SSSR count). The molecule has 1 aromatic heterocycles. The Morgan fingerprint density at radius 1 is 1.62 bits per heavy atom. The molecular weight excluding hydrogens is 222 g/mol. The van der Waals surface area contributed by atoms with Crippen LogP contribution in [0.15, 0.2) is 11.4 Å². The van der Waals surface area contributed by atoms with Gasteiger partial charge in [-0.1, -0.05) is 6.92 Å². The van der Waals surface area contributed by atoms with Crippen molar-refractivity contribution in [2.45, 2.75) is 19.9 Å². The number of aryl methyl sites for hydroxylation is 1. The van der Waals surface area contributed by atoms with E-state index in [2.05, 4.69) is 13.0 Å². The molecule has 0 aliphatic heterocycles. The van der Waals surface area contributed by atoms with E-state index in [0.717, 1.165) is 6.54 Å². The molecule has 5 heteroatoms. The summed E-state index contributed by atoms with van der Waals surface area (Å²) >= 11 is 1.68. The minimum Gasteiger partial charge on any atom is -0.369 e. The number of nitrogens with zero attached hydrogens (tertiary/aromatic N) is 1. The summed E-state index contributed by atoms with van der Waals surface area (Å²) in [7, 11) is 0. The maximum Gasteiger partial charge on any atom is 0.231 e. The maximum absolute atomic E-state index is 11.0. The summed E-state index contributed by atoms with van der Waals surface area (Å²) in [5, 5.41) is 2.05. The summed E-state index contributed by atoms with van der Waals surface area (Å²) in [5.41, 5.74) is 12.3. The highest BCUT2D eigenvalue weighted by molar-refractivity contribution is 7.10. The fourth-order valence-corrected chi connectivity index (χ4v) is 2.87. The molecule has 0 aliphatic carbocycles. The van der Waals surface area contributed by atoms with Crippen LogP contribution >= 0.6 is 11.3 Å². The first-order valence-corrected chi connectivity index (χ1v) is 6.24. The smallest absolute Gasteiger partial charge is 0.231 e. The zero-order chi connectivity index (χ0) is 12.1.